The zero-order valence-corrected chi connectivity index (χ0v) is 23.3. The van der Waals surface area contributed by atoms with Crippen molar-refractivity contribution in [3.63, 3.8) is 0 Å². The molecule has 0 aromatic heterocycles. The van der Waals surface area contributed by atoms with Gasteiger partial charge in [0.05, 0.1) is 35.5 Å². The fraction of sp³-hybridized carbons (Fsp3) is 0.273. The number of ether oxygens (including phenoxy) is 6. The molecular formula is C33H36O6. The Kier molecular flexibility index (Phi) is 9.57. The second-order valence-electron chi connectivity index (χ2n) is 9.12. The second kappa shape index (κ2) is 13.5. The van der Waals surface area contributed by atoms with Crippen LogP contribution < -0.4 is 28.4 Å². The lowest BCUT2D eigenvalue weighted by Crippen LogP contribution is -2.00. The van der Waals surface area contributed by atoms with Gasteiger partial charge in [-0.05, 0) is 96.5 Å². The second-order valence-corrected chi connectivity index (χ2v) is 9.12. The summed E-state index contributed by atoms with van der Waals surface area (Å²) in [6, 6.07) is 26.2. The quantitative estimate of drug-likeness (QED) is 0.185. The van der Waals surface area contributed by atoms with E-state index < -0.39 is 0 Å². The Morgan fingerprint density at radius 1 is 0.410 bits per heavy atom. The lowest BCUT2D eigenvalue weighted by molar-refractivity contribution is 0.332. The highest BCUT2D eigenvalue weighted by Crippen LogP contribution is 2.44. The van der Waals surface area contributed by atoms with Gasteiger partial charge in [-0.25, -0.2) is 0 Å². The van der Waals surface area contributed by atoms with E-state index in [2.05, 4.69) is 30.3 Å². The average molecular weight is 529 g/mol. The van der Waals surface area contributed by atoms with E-state index in [9.17, 15) is 0 Å². The minimum absolute atomic E-state index is 0.508. The summed E-state index contributed by atoms with van der Waals surface area (Å²) in [4.78, 5) is 0. The SMILES string of the molecule is COc1cccc(CCc2ccc(OC)c(Oc3c(OC)cc(CCc4cccc(OC)c4)cc3OC)c2)c1. The molecule has 4 rings (SSSR count). The molecule has 0 spiro atoms. The molecule has 0 saturated carbocycles. The maximum Gasteiger partial charge on any atom is 0.211 e. The summed E-state index contributed by atoms with van der Waals surface area (Å²) in [6.07, 6.45) is 3.37. The van der Waals surface area contributed by atoms with Gasteiger partial charge in [0, 0.05) is 0 Å². The van der Waals surface area contributed by atoms with Gasteiger partial charge in [-0.3, -0.25) is 0 Å². The molecule has 0 radical (unpaired) electrons. The lowest BCUT2D eigenvalue weighted by atomic mass is 10.0. The van der Waals surface area contributed by atoms with Crippen LogP contribution in [-0.2, 0) is 25.7 Å². The van der Waals surface area contributed by atoms with E-state index >= 15 is 0 Å². The Hall–Kier alpha value is -4.32. The zero-order chi connectivity index (χ0) is 27.6. The zero-order valence-electron chi connectivity index (χ0n) is 23.3. The highest BCUT2D eigenvalue weighted by Gasteiger charge is 2.18. The minimum atomic E-state index is 0.508. The largest absolute Gasteiger partial charge is 0.497 e. The first-order chi connectivity index (χ1) is 19.1. The van der Waals surface area contributed by atoms with E-state index in [1.807, 2.05) is 48.5 Å². The van der Waals surface area contributed by atoms with Gasteiger partial charge in [-0.1, -0.05) is 30.3 Å². The summed E-state index contributed by atoms with van der Waals surface area (Å²) in [5, 5.41) is 0. The van der Waals surface area contributed by atoms with Gasteiger partial charge in [0.2, 0.25) is 5.75 Å². The van der Waals surface area contributed by atoms with Crippen LogP contribution in [0.15, 0.2) is 78.9 Å². The molecule has 39 heavy (non-hydrogen) atoms. The summed E-state index contributed by atoms with van der Waals surface area (Å²) in [6.45, 7) is 0. The van der Waals surface area contributed by atoms with Gasteiger partial charge >= 0.3 is 0 Å². The lowest BCUT2D eigenvalue weighted by Gasteiger charge is -2.18. The van der Waals surface area contributed by atoms with Crippen LogP contribution in [0.4, 0.5) is 0 Å². The maximum absolute atomic E-state index is 6.41. The van der Waals surface area contributed by atoms with Crippen LogP contribution in [0.3, 0.4) is 0 Å². The molecule has 0 saturated heterocycles. The highest BCUT2D eigenvalue weighted by molar-refractivity contribution is 5.57. The highest BCUT2D eigenvalue weighted by atomic mass is 16.6. The first-order valence-electron chi connectivity index (χ1n) is 12.9. The number of hydrogen-bond donors (Lipinski definition) is 0. The number of aryl methyl sites for hydroxylation is 4. The topological polar surface area (TPSA) is 55.4 Å². The van der Waals surface area contributed by atoms with Crippen LogP contribution >= 0.6 is 0 Å². The molecule has 0 unspecified atom stereocenters. The summed E-state index contributed by atoms with van der Waals surface area (Å²) in [5.74, 6) is 4.64. The number of methoxy groups -OCH3 is 5. The Labute approximate surface area is 231 Å². The van der Waals surface area contributed by atoms with Crippen molar-refractivity contribution in [1.29, 1.82) is 0 Å². The van der Waals surface area contributed by atoms with E-state index in [1.165, 1.54) is 11.1 Å². The standard InChI is InChI=1S/C33H36O6/c1-34-27-10-6-8-23(18-27)12-13-25-16-17-29(36-3)30(20-25)39-33-31(37-4)21-26(22-32(33)38-5)15-14-24-9-7-11-28(19-24)35-2/h6-11,16-22H,12-15H2,1-5H3. The van der Waals surface area contributed by atoms with Crippen molar-refractivity contribution in [2.75, 3.05) is 35.5 Å². The van der Waals surface area contributed by atoms with Crippen LogP contribution in [0.25, 0.3) is 0 Å². The Bertz CT molecular complexity index is 1360. The van der Waals surface area contributed by atoms with Gasteiger partial charge in [0.15, 0.2) is 23.0 Å². The van der Waals surface area contributed by atoms with Crippen molar-refractivity contribution >= 4 is 0 Å². The summed E-state index contributed by atoms with van der Waals surface area (Å²) >= 11 is 0. The predicted octanol–water partition coefficient (Wildman–Crippen LogP) is 7.09. The molecule has 4 aromatic carbocycles. The van der Waals surface area contributed by atoms with E-state index in [1.54, 1.807) is 35.5 Å². The molecule has 0 amide bonds. The van der Waals surface area contributed by atoms with E-state index in [-0.39, 0.29) is 0 Å². The fourth-order valence-corrected chi connectivity index (χ4v) is 4.48. The van der Waals surface area contributed by atoms with Crippen LogP contribution in [0.1, 0.15) is 22.3 Å². The third kappa shape index (κ3) is 7.17. The third-order valence-electron chi connectivity index (χ3n) is 6.63. The Balaban J connectivity index is 1.54. The Morgan fingerprint density at radius 3 is 1.36 bits per heavy atom. The molecule has 0 N–H and O–H groups in total. The predicted molar refractivity (Wildman–Crippen MR) is 153 cm³/mol. The molecule has 0 aliphatic rings. The number of hydrogen-bond acceptors (Lipinski definition) is 6. The maximum atomic E-state index is 6.41. The van der Waals surface area contributed by atoms with Crippen molar-refractivity contribution < 1.29 is 28.4 Å². The molecule has 6 heteroatoms. The Morgan fingerprint density at radius 2 is 0.872 bits per heavy atom. The minimum Gasteiger partial charge on any atom is -0.497 e. The smallest absolute Gasteiger partial charge is 0.211 e. The van der Waals surface area contributed by atoms with Crippen LogP contribution in [-0.4, -0.2) is 35.5 Å². The first kappa shape index (κ1) is 27.7. The van der Waals surface area contributed by atoms with Crippen molar-refractivity contribution in [2.24, 2.45) is 0 Å². The van der Waals surface area contributed by atoms with E-state index in [0.29, 0.717) is 28.7 Å². The first-order valence-corrected chi connectivity index (χ1v) is 12.9. The monoisotopic (exact) mass is 528 g/mol. The summed E-state index contributed by atoms with van der Waals surface area (Å²) < 4.78 is 34.2. The van der Waals surface area contributed by atoms with Gasteiger partial charge in [-0.2, -0.15) is 0 Å². The van der Waals surface area contributed by atoms with Crippen molar-refractivity contribution in [3.05, 3.63) is 101 Å². The average Bonchev–Trinajstić information content (AvgIpc) is 2.99. The molecule has 0 bridgehead atoms. The molecule has 0 fully saturated rings. The number of benzene rings is 4. The third-order valence-corrected chi connectivity index (χ3v) is 6.63. The fourth-order valence-electron chi connectivity index (χ4n) is 4.48. The van der Waals surface area contributed by atoms with Gasteiger partial charge in [-0.15, -0.1) is 0 Å². The van der Waals surface area contributed by atoms with Crippen molar-refractivity contribution in [1.82, 2.24) is 0 Å². The molecule has 6 nitrogen and oxygen atoms in total. The molecule has 4 aromatic rings. The van der Waals surface area contributed by atoms with Crippen LogP contribution in [0, 0.1) is 0 Å². The van der Waals surface area contributed by atoms with Gasteiger partial charge < -0.3 is 28.4 Å². The summed E-state index contributed by atoms with van der Waals surface area (Å²) in [7, 11) is 8.26. The van der Waals surface area contributed by atoms with Crippen LogP contribution in [0.5, 0.6) is 40.2 Å². The van der Waals surface area contributed by atoms with Crippen molar-refractivity contribution in [2.45, 2.75) is 25.7 Å². The van der Waals surface area contributed by atoms with Gasteiger partial charge in [0.25, 0.3) is 0 Å². The molecule has 204 valence electrons. The molecular weight excluding hydrogens is 492 g/mol. The molecule has 0 aliphatic carbocycles. The molecule has 0 heterocycles. The molecule has 0 aliphatic heterocycles. The van der Waals surface area contributed by atoms with Crippen LogP contribution in [0.2, 0.25) is 0 Å². The normalized spacial score (nSPS) is 10.6. The number of rotatable bonds is 13. The summed E-state index contributed by atoms with van der Waals surface area (Å²) in [5.41, 5.74) is 4.61. The van der Waals surface area contributed by atoms with E-state index in [4.69, 9.17) is 28.4 Å². The molecule has 0 atom stereocenters. The van der Waals surface area contributed by atoms with Crippen molar-refractivity contribution in [3.8, 4) is 40.2 Å². The van der Waals surface area contributed by atoms with E-state index in [0.717, 1.165) is 48.3 Å². The van der Waals surface area contributed by atoms with Gasteiger partial charge in [0.1, 0.15) is 11.5 Å².